The molecule has 1 aromatic heterocycles. The number of imide groups is 1. The number of amides is 2. The quantitative estimate of drug-likeness (QED) is 0.391. The Balaban J connectivity index is 2.05. The molecule has 2 heterocycles. The second-order valence-corrected chi connectivity index (χ2v) is 4.38. The minimum atomic E-state index is -0.324. The lowest BCUT2D eigenvalue weighted by atomic mass is 10.0. The van der Waals surface area contributed by atoms with Crippen LogP contribution in [0.4, 0.5) is 0 Å². The van der Waals surface area contributed by atoms with E-state index in [1.54, 1.807) is 30.3 Å². The lowest BCUT2D eigenvalue weighted by Gasteiger charge is -2.02. The third-order valence-electron chi connectivity index (χ3n) is 3.19. The summed E-state index contributed by atoms with van der Waals surface area (Å²) in [5.74, 6) is 0.291. The number of fused-ring (bicyclic) bond motifs is 1. The molecule has 0 spiro atoms. The fraction of sp³-hybridized carbons (Fsp3) is 0.0714. The first-order chi connectivity index (χ1) is 9.61. The van der Waals surface area contributed by atoms with Gasteiger partial charge in [-0.25, -0.2) is 0 Å². The van der Waals surface area contributed by atoms with E-state index in [1.807, 2.05) is 0 Å². The molecule has 0 atom stereocenters. The zero-order chi connectivity index (χ0) is 14.3. The van der Waals surface area contributed by atoms with Crippen LogP contribution in [-0.2, 0) is 0 Å². The number of carbonyl (C=O) groups excluding carboxylic acids is 2. The highest BCUT2D eigenvalue weighted by atomic mass is 16.4. The fourth-order valence-electron chi connectivity index (χ4n) is 2.15. The van der Waals surface area contributed by atoms with E-state index < -0.39 is 0 Å². The summed E-state index contributed by atoms with van der Waals surface area (Å²) in [6, 6.07) is 8.28. The minimum Gasteiger partial charge on any atom is -0.455 e. The van der Waals surface area contributed by atoms with E-state index in [1.165, 1.54) is 13.3 Å². The summed E-state index contributed by atoms with van der Waals surface area (Å²) in [6.45, 7) is 0. The Morgan fingerprint density at radius 2 is 1.90 bits per heavy atom. The van der Waals surface area contributed by atoms with Crippen LogP contribution in [0.25, 0.3) is 11.3 Å². The highest BCUT2D eigenvalue weighted by Gasteiger charge is 2.32. The molecule has 0 saturated carbocycles. The SMILES string of the molecule is CN1C(=O)c2ccc(-c3ccc(C=NO)o3)cc2C1=O. The molecular formula is C14H10N2O4. The summed E-state index contributed by atoms with van der Waals surface area (Å²) >= 11 is 0. The third kappa shape index (κ3) is 1.70. The van der Waals surface area contributed by atoms with Crippen LogP contribution in [0.2, 0.25) is 0 Å². The van der Waals surface area contributed by atoms with Crippen LogP contribution >= 0.6 is 0 Å². The first-order valence-electron chi connectivity index (χ1n) is 5.86. The number of hydrogen-bond donors (Lipinski definition) is 1. The molecule has 6 heteroatoms. The maximum Gasteiger partial charge on any atom is 0.261 e. The van der Waals surface area contributed by atoms with Crippen molar-refractivity contribution in [2.24, 2.45) is 5.16 Å². The summed E-state index contributed by atoms with van der Waals surface area (Å²) in [4.78, 5) is 24.8. The summed E-state index contributed by atoms with van der Waals surface area (Å²) in [5, 5.41) is 11.3. The monoisotopic (exact) mass is 270 g/mol. The highest BCUT2D eigenvalue weighted by Crippen LogP contribution is 2.28. The van der Waals surface area contributed by atoms with E-state index in [-0.39, 0.29) is 11.8 Å². The lowest BCUT2D eigenvalue weighted by molar-refractivity contribution is 0.0693. The van der Waals surface area contributed by atoms with Gasteiger partial charge in [-0.05, 0) is 24.3 Å². The van der Waals surface area contributed by atoms with E-state index in [9.17, 15) is 9.59 Å². The van der Waals surface area contributed by atoms with Crippen molar-refractivity contribution in [2.75, 3.05) is 7.05 Å². The van der Waals surface area contributed by atoms with E-state index in [0.29, 0.717) is 28.2 Å². The van der Waals surface area contributed by atoms with Gasteiger partial charge in [-0.15, -0.1) is 0 Å². The van der Waals surface area contributed by atoms with Crippen molar-refractivity contribution in [1.29, 1.82) is 0 Å². The van der Waals surface area contributed by atoms with Gasteiger partial charge in [-0.2, -0.15) is 0 Å². The Morgan fingerprint density at radius 1 is 1.15 bits per heavy atom. The maximum absolute atomic E-state index is 11.9. The summed E-state index contributed by atoms with van der Waals surface area (Å²) in [7, 11) is 1.45. The Labute approximate surface area is 113 Å². The van der Waals surface area contributed by atoms with Crippen LogP contribution in [0.15, 0.2) is 39.9 Å². The average molecular weight is 270 g/mol. The van der Waals surface area contributed by atoms with Gasteiger partial charge in [0, 0.05) is 12.6 Å². The molecule has 20 heavy (non-hydrogen) atoms. The normalized spacial score (nSPS) is 14.3. The van der Waals surface area contributed by atoms with Crippen molar-refractivity contribution in [2.45, 2.75) is 0 Å². The van der Waals surface area contributed by atoms with E-state index in [0.717, 1.165) is 4.90 Å². The van der Waals surface area contributed by atoms with Gasteiger partial charge in [0.2, 0.25) is 0 Å². The molecule has 0 fully saturated rings. The summed E-state index contributed by atoms with van der Waals surface area (Å²) in [6.07, 6.45) is 1.17. The molecule has 3 rings (SSSR count). The molecule has 2 aromatic rings. The van der Waals surface area contributed by atoms with E-state index >= 15 is 0 Å². The van der Waals surface area contributed by atoms with Crippen molar-refractivity contribution in [1.82, 2.24) is 4.90 Å². The highest BCUT2D eigenvalue weighted by molar-refractivity contribution is 6.21. The van der Waals surface area contributed by atoms with Gasteiger partial charge >= 0.3 is 0 Å². The number of rotatable bonds is 2. The van der Waals surface area contributed by atoms with Crippen LogP contribution in [0.5, 0.6) is 0 Å². The van der Waals surface area contributed by atoms with Crippen LogP contribution < -0.4 is 0 Å². The predicted molar refractivity (Wildman–Crippen MR) is 69.9 cm³/mol. The van der Waals surface area contributed by atoms with Crippen LogP contribution in [-0.4, -0.2) is 35.2 Å². The number of hydrogen-bond acceptors (Lipinski definition) is 5. The Hall–Kier alpha value is -2.89. The molecule has 100 valence electrons. The molecule has 0 radical (unpaired) electrons. The first kappa shape index (κ1) is 12.2. The second-order valence-electron chi connectivity index (χ2n) is 4.38. The Bertz CT molecular complexity index is 745. The first-order valence-corrected chi connectivity index (χ1v) is 5.86. The largest absolute Gasteiger partial charge is 0.455 e. The van der Waals surface area contributed by atoms with Crippen molar-refractivity contribution in [3.8, 4) is 11.3 Å². The Kier molecular flexibility index (Phi) is 2.64. The average Bonchev–Trinajstić information content (AvgIpc) is 3.00. The third-order valence-corrected chi connectivity index (χ3v) is 3.19. The molecule has 0 saturated heterocycles. The molecular weight excluding hydrogens is 260 g/mol. The van der Waals surface area contributed by atoms with Crippen molar-refractivity contribution in [3.05, 3.63) is 47.2 Å². The van der Waals surface area contributed by atoms with E-state index in [2.05, 4.69) is 5.16 Å². The van der Waals surface area contributed by atoms with Crippen molar-refractivity contribution < 1.29 is 19.2 Å². The Morgan fingerprint density at radius 3 is 2.65 bits per heavy atom. The van der Waals surface area contributed by atoms with Crippen molar-refractivity contribution >= 4 is 18.0 Å². The standard InChI is InChI=1S/C14H10N2O4/c1-16-13(17)10-4-2-8(6-11(10)14(16)18)12-5-3-9(20-12)7-15-19/h2-7,19H,1H3. The molecule has 1 N–H and O–H groups in total. The molecule has 2 amide bonds. The molecule has 6 nitrogen and oxygen atoms in total. The molecule has 1 aliphatic rings. The number of benzene rings is 1. The topological polar surface area (TPSA) is 83.1 Å². The number of carbonyl (C=O) groups is 2. The molecule has 0 bridgehead atoms. The van der Waals surface area contributed by atoms with Gasteiger partial charge in [0.1, 0.15) is 17.7 Å². The minimum absolute atomic E-state index is 0.302. The summed E-state index contributed by atoms with van der Waals surface area (Å²) in [5.41, 5.74) is 1.44. The van der Waals surface area contributed by atoms with Crippen LogP contribution in [0.3, 0.4) is 0 Å². The van der Waals surface area contributed by atoms with Gasteiger partial charge in [-0.3, -0.25) is 14.5 Å². The zero-order valence-corrected chi connectivity index (χ0v) is 10.5. The molecule has 0 unspecified atom stereocenters. The smallest absolute Gasteiger partial charge is 0.261 e. The van der Waals surface area contributed by atoms with Crippen molar-refractivity contribution in [3.63, 3.8) is 0 Å². The van der Waals surface area contributed by atoms with Gasteiger partial charge in [0.25, 0.3) is 11.8 Å². The fourth-order valence-corrected chi connectivity index (χ4v) is 2.15. The van der Waals surface area contributed by atoms with Gasteiger partial charge < -0.3 is 9.62 Å². The molecule has 1 aromatic carbocycles. The summed E-state index contributed by atoms with van der Waals surface area (Å²) < 4.78 is 5.44. The number of nitrogens with zero attached hydrogens (tertiary/aromatic N) is 2. The maximum atomic E-state index is 11.9. The lowest BCUT2D eigenvalue weighted by Crippen LogP contribution is -2.24. The molecule has 1 aliphatic heterocycles. The van der Waals surface area contributed by atoms with Crippen LogP contribution in [0.1, 0.15) is 26.5 Å². The van der Waals surface area contributed by atoms with Crippen LogP contribution in [0, 0.1) is 0 Å². The number of furan rings is 1. The second kappa shape index (κ2) is 4.34. The number of oxime groups is 1. The van der Waals surface area contributed by atoms with Gasteiger partial charge in [0.05, 0.1) is 11.1 Å². The molecule has 0 aliphatic carbocycles. The predicted octanol–water partition coefficient (Wildman–Crippen LogP) is 1.98. The van der Waals surface area contributed by atoms with Gasteiger partial charge in [0.15, 0.2) is 0 Å². The zero-order valence-electron chi connectivity index (χ0n) is 10.5. The van der Waals surface area contributed by atoms with E-state index in [4.69, 9.17) is 9.62 Å². The van der Waals surface area contributed by atoms with Gasteiger partial charge in [-0.1, -0.05) is 11.2 Å².